The van der Waals surface area contributed by atoms with Crippen LogP contribution in [0.1, 0.15) is 0 Å². The molecule has 0 radical (unpaired) electrons. The Morgan fingerprint density at radius 1 is 0.962 bits per heavy atom. The van der Waals surface area contributed by atoms with Crippen molar-refractivity contribution in [2.45, 2.75) is 0 Å². The Bertz CT molecular complexity index is 1380. The zero-order valence-electron chi connectivity index (χ0n) is 14.0. The van der Waals surface area contributed by atoms with Gasteiger partial charge in [0.05, 0.1) is 16.6 Å². The lowest BCUT2D eigenvalue weighted by Crippen LogP contribution is -2.07. The van der Waals surface area contributed by atoms with Gasteiger partial charge in [-0.15, -0.1) is 0 Å². The van der Waals surface area contributed by atoms with Crippen LogP contribution in [0, 0.1) is 5.41 Å². The number of benzene rings is 3. The normalized spacial score (nSPS) is 11.6. The summed E-state index contributed by atoms with van der Waals surface area (Å²) in [5.41, 5.74) is 2.99. The van der Waals surface area contributed by atoms with Crippen LogP contribution in [-0.2, 0) is 7.05 Å². The van der Waals surface area contributed by atoms with Crippen molar-refractivity contribution in [1.82, 2.24) is 9.55 Å². The number of para-hydroxylation sites is 2. The van der Waals surface area contributed by atoms with Crippen molar-refractivity contribution in [2.24, 2.45) is 7.05 Å². The van der Waals surface area contributed by atoms with E-state index in [0.29, 0.717) is 17.0 Å². The Kier molecular flexibility index (Phi) is 2.94. The molecule has 0 aliphatic carbocycles. The summed E-state index contributed by atoms with van der Waals surface area (Å²) in [5, 5.41) is 21.1. The molecule has 0 spiro atoms. The third kappa shape index (κ3) is 1.97. The predicted molar refractivity (Wildman–Crippen MR) is 101 cm³/mol. The molecule has 5 nitrogen and oxygen atoms in total. The fourth-order valence-electron chi connectivity index (χ4n) is 3.51. The maximum atomic E-state index is 10.2. The van der Waals surface area contributed by atoms with E-state index in [2.05, 4.69) is 4.98 Å². The molecule has 0 aliphatic rings. The second-order valence-corrected chi connectivity index (χ2v) is 6.33. The van der Waals surface area contributed by atoms with Gasteiger partial charge in [0.25, 0.3) is 0 Å². The highest BCUT2D eigenvalue weighted by atomic mass is 16.3. The number of aromatic nitrogens is 2. The first kappa shape index (κ1) is 14.7. The number of nitrogens with zero attached hydrogens (tertiary/aromatic N) is 2. The number of aryl methyl sites for hydroxylation is 1. The smallest absolute Gasteiger partial charge is 0.223 e. The molecule has 0 fully saturated rings. The Labute approximate surface area is 148 Å². The molecule has 0 saturated heterocycles. The summed E-state index contributed by atoms with van der Waals surface area (Å²) in [4.78, 5) is 4.68. The first-order valence-corrected chi connectivity index (χ1v) is 8.28. The Morgan fingerprint density at radius 3 is 2.50 bits per heavy atom. The second kappa shape index (κ2) is 5.20. The predicted octanol–water partition coefficient (Wildman–Crippen LogP) is 4.32. The maximum Gasteiger partial charge on any atom is 0.223 e. The highest BCUT2D eigenvalue weighted by molar-refractivity contribution is 6.09. The van der Waals surface area contributed by atoms with Gasteiger partial charge in [-0.3, -0.25) is 5.41 Å². The van der Waals surface area contributed by atoms with Gasteiger partial charge in [-0.2, -0.15) is 0 Å². The van der Waals surface area contributed by atoms with Gasteiger partial charge in [-0.05, 0) is 23.6 Å². The lowest BCUT2D eigenvalue weighted by Gasteiger charge is -2.08. The van der Waals surface area contributed by atoms with Gasteiger partial charge >= 0.3 is 0 Å². The monoisotopic (exact) mass is 341 g/mol. The lowest BCUT2D eigenvalue weighted by molar-refractivity contribution is 0.478. The molecular formula is C21H15N3O2. The number of nitrogens with one attached hydrogen (secondary N) is 1. The van der Waals surface area contributed by atoms with Crippen molar-refractivity contribution in [3.8, 4) is 17.1 Å². The number of imidazole rings is 1. The number of phenols is 1. The topological polar surface area (TPSA) is 75.0 Å². The lowest BCUT2D eigenvalue weighted by atomic mass is 10.0. The standard InChI is InChI=1S/C21H15N3O2/c1-24-17-9-5-4-8-16(17)23-21(24)15-10-14-12-6-2-3-7-13(12)18(25)11-19(14)26-20(15)22/h2-11,22,25H,1H3. The molecule has 0 bridgehead atoms. The molecule has 0 aliphatic heterocycles. The van der Waals surface area contributed by atoms with Crippen LogP contribution in [-0.4, -0.2) is 14.7 Å². The van der Waals surface area contributed by atoms with Crippen LogP contribution >= 0.6 is 0 Å². The minimum absolute atomic E-state index is 0.0191. The van der Waals surface area contributed by atoms with Gasteiger partial charge in [0, 0.05) is 23.9 Å². The van der Waals surface area contributed by atoms with Crippen LogP contribution in [0.5, 0.6) is 5.75 Å². The molecule has 126 valence electrons. The van der Waals surface area contributed by atoms with E-state index >= 15 is 0 Å². The van der Waals surface area contributed by atoms with Gasteiger partial charge in [0.1, 0.15) is 17.2 Å². The molecule has 2 aromatic heterocycles. The van der Waals surface area contributed by atoms with Gasteiger partial charge in [0.2, 0.25) is 5.55 Å². The van der Waals surface area contributed by atoms with Crippen molar-refractivity contribution >= 4 is 32.8 Å². The van der Waals surface area contributed by atoms with Crippen molar-refractivity contribution in [2.75, 3.05) is 0 Å². The molecule has 3 aromatic carbocycles. The van der Waals surface area contributed by atoms with E-state index < -0.39 is 0 Å². The third-order valence-corrected chi connectivity index (χ3v) is 4.80. The van der Waals surface area contributed by atoms with Gasteiger partial charge in [-0.1, -0.05) is 36.4 Å². The SMILES string of the molecule is Cn1c(-c2cc3c(cc(O)c4ccccc43)oc2=N)nc2ccccc21. The zero-order chi connectivity index (χ0) is 17.8. The second-order valence-electron chi connectivity index (χ2n) is 6.33. The first-order chi connectivity index (χ1) is 12.6. The number of hydrogen-bond donors (Lipinski definition) is 2. The molecule has 5 rings (SSSR count). The number of fused-ring (bicyclic) bond motifs is 4. The van der Waals surface area contributed by atoms with Crippen molar-refractivity contribution in [1.29, 1.82) is 5.41 Å². The molecule has 0 unspecified atom stereocenters. The number of aromatic hydroxyl groups is 1. The average molecular weight is 341 g/mol. The summed E-state index contributed by atoms with van der Waals surface area (Å²) < 4.78 is 7.71. The first-order valence-electron chi connectivity index (χ1n) is 8.28. The van der Waals surface area contributed by atoms with E-state index in [1.54, 1.807) is 6.07 Å². The van der Waals surface area contributed by atoms with E-state index in [-0.39, 0.29) is 11.3 Å². The Hall–Kier alpha value is -3.60. The Morgan fingerprint density at radius 2 is 1.69 bits per heavy atom. The van der Waals surface area contributed by atoms with Crippen molar-refractivity contribution < 1.29 is 9.52 Å². The maximum absolute atomic E-state index is 10.2. The zero-order valence-corrected chi connectivity index (χ0v) is 14.0. The van der Waals surface area contributed by atoms with Crippen LogP contribution in [0.2, 0.25) is 0 Å². The van der Waals surface area contributed by atoms with Crippen molar-refractivity contribution in [3.63, 3.8) is 0 Å². The molecule has 2 heterocycles. The van der Waals surface area contributed by atoms with Crippen LogP contribution in [0.15, 0.2) is 65.1 Å². The summed E-state index contributed by atoms with van der Waals surface area (Å²) in [6, 6.07) is 19.0. The Balaban J connectivity index is 1.90. The van der Waals surface area contributed by atoms with E-state index in [1.165, 1.54) is 0 Å². The van der Waals surface area contributed by atoms with E-state index in [0.717, 1.165) is 27.2 Å². The molecular weight excluding hydrogens is 326 g/mol. The summed E-state index contributed by atoms with van der Waals surface area (Å²) in [6.07, 6.45) is 0. The van der Waals surface area contributed by atoms with E-state index in [4.69, 9.17) is 9.83 Å². The summed E-state index contributed by atoms with van der Waals surface area (Å²) in [6.45, 7) is 0. The minimum atomic E-state index is 0.0191. The average Bonchev–Trinajstić information content (AvgIpc) is 2.98. The summed E-state index contributed by atoms with van der Waals surface area (Å²) in [5.74, 6) is 0.825. The van der Waals surface area contributed by atoms with E-state index in [1.807, 2.05) is 66.2 Å². The summed E-state index contributed by atoms with van der Waals surface area (Å²) >= 11 is 0. The van der Waals surface area contributed by atoms with E-state index in [9.17, 15) is 5.11 Å². The van der Waals surface area contributed by atoms with Crippen LogP contribution in [0.3, 0.4) is 0 Å². The number of hydrogen-bond acceptors (Lipinski definition) is 4. The third-order valence-electron chi connectivity index (χ3n) is 4.80. The molecule has 0 amide bonds. The highest BCUT2D eigenvalue weighted by Gasteiger charge is 2.15. The minimum Gasteiger partial charge on any atom is -0.507 e. The van der Waals surface area contributed by atoms with Gasteiger partial charge in [0.15, 0.2) is 0 Å². The summed E-state index contributed by atoms with van der Waals surface area (Å²) in [7, 11) is 1.93. The van der Waals surface area contributed by atoms with Crippen LogP contribution < -0.4 is 5.55 Å². The fraction of sp³-hybridized carbons (Fsp3) is 0.0476. The fourth-order valence-corrected chi connectivity index (χ4v) is 3.51. The molecule has 5 heteroatoms. The molecule has 0 saturated carbocycles. The van der Waals surface area contributed by atoms with Crippen LogP contribution in [0.4, 0.5) is 0 Å². The van der Waals surface area contributed by atoms with Crippen LogP contribution in [0.25, 0.3) is 44.2 Å². The number of rotatable bonds is 1. The highest BCUT2D eigenvalue weighted by Crippen LogP contribution is 2.33. The quantitative estimate of drug-likeness (QED) is 0.446. The largest absolute Gasteiger partial charge is 0.507 e. The van der Waals surface area contributed by atoms with Crippen molar-refractivity contribution in [3.05, 3.63) is 66.2 Å². The molecule has 0 atom stereocenters. The number of phenolic OH excluding ortho intramolecular Hbond substituents is 1. The molecule has 5 aromatic rings. The van der Waals surface area contributed by atoms with Gasteiger partial charge < -0.3 is 14.1 Å². The van der Waals surface area contributed by atoms with Gasteiger partial charge in [-0.25, -0.2) is 4.98 Å². The molecule has 2 N–H and O–H groups in total. The molecule has 26 heavy (non-hydrogen) atoms.